The van der Waals surface area contributed by atoms with Crippen LogP contribution in [0.2, 0.25) is 0 Å². The Labute approximate surface area is 152 Å². The maximum absolute atomic E-state index is 13.4. The van der Waals surface area contributed by atoms with Crippen molar-refractivity contribution in [2.24, 2.45) is 5.10 Å². The minimum absolute atomic E-state index is 0.00952. The van der Waals surface area contributed by atoms with Crippen LogP contribution in [-0.4, -0.2) is 18.0 Å². The van der Waals surface area contributed by atoms with E-state index in [9.17, 15) is 14.0 Å². The maximum atomic E-state index is 13.4. The molecule has 6 heteroatoms. The van der Waals surface area contributed by atoms with Crippen LogP contribution in [0.1, 0.15) is 35.1 Å². The van der Waals surface area contributed by atoms with Gasteiger partial charge < -0.3 is 5.32 Å². The number of aryl methyl sites for hydroxylation is 3. The Morgan fingerprint density at radius 1 is 1.04 bits per heavy atom. The van der Waals surface area contributed by atoms with E-state index in [1.54, 1.807) is 18.2 Å². The summed E-state index contributed by atoms with van der Waals surface area (Å²) in [5.41, 5.74) is 6.43. The normalized spacial score (nSPS) is 10.8. The summed E-state index contributed by atoms with van der Waals surface area (Å²) in [6, 6.07) is 10.1. The van der Waals surface area contributed by atoms with Gasteiger partial charge in [-0.05, 0) is 38.0 Å². The third kappa shape index (κ3) is 5.51. The van der Waals surface area contributed by atoms with E-state index >= 15 is 0 Å². The van der Waals surface area contributed by atoms with Crippen LogP contribution in [-0.2, 0) is 9.59 Å². The molecule has 2 rings (SSSR count). The minimum atomic E-state index is -0.422. The van der Waals surface area contributed by atoms with E-state index in [-0.39, 0.29) is 24.3 Å². The van der Waals surface area contributed by atoms with Crippen LogP contribution in [0.5, 0.6) is 0 Å². The second kappa shape index (κ2) is 8.89. The SMILES string of the molecule is Cc1cc(C)c(NC(=O)CCC(=O)N/N=C/c2ccccc2F)c(C)c1. The summed E-state index contributed by atoms with van der Waals surface area (Å²) in [7, 11) is 0. The summed E-state index contributed by atoms with van der Waals surface area (Å²) in [6.07, 6.45) is 1.25. The molecule has 0 saturated carbocycles. The minimum Gasteiger partial charge on any atom is -0.326 e. The summed E-state index contributed by atoms with van der Waals surface area (Å²) in [5, 5.41) is 6.55. The van der Waals surface area contributed by atoms with Crippen molar-refractivity contribution in [3.63, 3.8) is 0 Å². The molecule has 26 heavy (non-hydrogen) atoms. The highest BCUT2D eigenvalue weighted by Gasteiger charge is 2.10. The Morgan fingerprint density at radius 3 is 2.31 bits per heavy atom. The molecule has 0 saturated heterocycles. The third-order valence-electron chi connectivity index (χ3n) is 3.82. The summed E-state index contributed by atoms with van der Waals surface area (Å²) in [4.78, 5) is 23.8. The predicted molar refractivity (Wildman–Crippen MR) is 101 cm³/mol. The largest absolute Gasteiger partial charge is 0.326 e. The first-order chi connectivity index (χ1) is 12.4. The van der Waals surface area contributed by atoms with Gasteiger partial charge in [0.2, 0.25) is 11.8 Å². The molecule has 0 aliphatic heterocycles. The van der Waals surface area contributed by atoms with E-state index in [0.29, 0.717) is 0 Å². The lowest BCUT2D eigenvalue weighted by Gasteiger charge is -2.12. The molecule has 0 aliphatic carbocycles. The number of carbonyl (C=O) groups excluding carboxylic acids is 2. The summed E-state index contributed by atoms with van der Waals surface area (Å²) in [5.74, 6) is -1.08. The lowest BCUT2D eigenvalue weighted by molar-refractivity contribution is -0.124. The molecule has 2 aromatic carbocycles. The van der Waals surface area contributed by atoms with Gasteiger partial charge in [0.05, 0.1) is 6.21 Å². The molecule has 0 bridgehead atoms. The number of halogens is 1. The lowest BCUT2D eigenvalue weighted by atomic mass is 10.0. The number of benzene rings is 2. The Hall–Kier alpha value is -3.02. The number of carbonyl (C=O) groups is 2. The highest BCUT2D eigenvalue weighted by atomic mass is 19.1. The van der Waals surface area contributed by atoms with Crippen molar-refractivity contribution in [3.05, 3.63) is 64.5 Å². The third-order valence-corrected chi connectivity index (χ3v) is 3.82. The fourth-order valence-electron chi connectivity index (χ4n) is 2.62. The average Bonchev–Trinajstić information content (AvgIpc) is 2.58. The first-order valence-electron chi connectivity index (χ1n) is 8.31. The van der Waals surface area contributed by atoms with Crippen molar-refractivity contribution < 1.29 is 14.0 Å². The number of anilines is 1. The first kappa shape index (κ1) is 19.3. The van der Waals surface area contributed by atoms with Crippen molar-refractivity contribution in [1.29, 1.82) is 0 Å². The van der Waals surface area contributed by atoms with Gasteiger partial charge in [-0.3, -0.25) is 9.59 Å². The maximum Gasteiger partial charge on any atom is 0.240 e. The van der Waals surface area contributed by atoms with Crippen LogP contribution in [0, 0.1) is 26.6 Å². The van der Waals surface area contributed by atoms with Crippen LogP contribution < -0.4 is 10.7 Å². The number of amides is 2. The molecule has 0 aromatic heterocycles. The van der Waals surface area contributed by atoms with Crippen molar-refractivity contribution in [2.45, 2.75) is 33.6 Å². The molecule has 0 radical (unpaired) electrons. The van der Waals surface area contributed by atoms with Gasteiger partial charge in [-0.25, -0.2) is 9.82 Å². The summed E-state index contributed by atoms with van der Waals surface area (Å²) < 4.78 is 13.4. The first-order valence-corrected chi connectivity index (χ1v) is 8.31. The molecule has 0 spiro atoms. The Kier molecular flexibility index (Phi) is 6.60. The second-order valence-electron chi connectivity index (χ2n) is 6.14. The zero-order chi connectivity index (χ0) is 19.1. The number of nitrogens with one attached hydrogen (secondary N) is 2. The predicted octanol–water partition coefficient (Wildman–Crippen LogP) is 3.62. The van der Waals surface area contributed by atoms with Crippen LogP contribution in [0.15, 0.2) is 41.5 Å². The molecule has 0 aliphatic rings. The number of nitrogens with zero attached hydrogens (tertiary/aromatic N) is 1. The van der Waals surface area contributed by atoms with Crippen LogP contribution in [0.25, 0.3) is 0 Å². The van der Waals surface area contributed by atoms with E-state index in [1.807, 2.05) is 32.9 Å². The lowest BCUT2D eigenvalue weighted by Crippen LogP contribution is -2.21. The summed E-state index contributed by atoms with van der Waals surface area (Å²) >= 11 is 0. The number of hydrogen-bond donors (Lipinski definition) is 2. The highest BCUT2D eigenvalue weighted by molar-refractivity contribution is 5.94. The van der Waals surface area contributed by atoms with E-state index in [4.69, 9.17) is 0 Å². The smallest absolute Gasteiger partial charge is 0.240 e. The average molecular weight is 355 g/mol. The summed E-state index contributed by atoms with van der Waals surface area (Å²) in [6.45, 7) is 5.86. The number of hydrazone groups is 1. The highest BCUT2D eigenvalue weighted by Crippen LogP contribution is 2.22. The zero-order valence-corrected chi connectivity index (χ0v) is 15.1. The van der Waals surface area contributed by atoms with Gasteiger partial charge in [0.25, 0.3) is 0 Å². The quantitative estimate of drug-likeness (QED) is 0.614. The monoisotopic (exact) mass is 355 g/mol. The van der Waals surface area contributed by atoms with E-state index in [0.717, 1.165) is 22.4 Å². The molecule has 2 aromatic rings. The molecule has 5 nitrogen and oxygen atoms in total. The Balaban J connectivity index is 1.82. The van der Waals surface area contributed by atoms with E-state index in [1.165, 1.54) is 12.3 Å². The van der Waals surface area contributed by atoms with Gasteiger partial charge in [-0.15, -0.1) is 0 Å². The zero-order valence-electron chi connectivity index (χ0n) is 15.1. The molecule has 2 N–H and O–H groups in total. The van der Waals surface area contributed by atoms with Crippen molar-refractivity contribution in [1.82, 2.24) is 5.43 Å². The fourth-order valence-corrected chi connectivity index (χ4v) is 2.62. The molecule has 0 atom stereocenters. The second-order valence-corrected chi connectivity index (χ2v) is 6.14. The number of hydrogen-bond acceptors (Lipinski definition) is 3. The van der Waals surface area contributed by atoms with Crippen LogP contribution in [0.4, 0.5) is 10.1 Å². The van der Waals surface area contributed by atoms with Crippen LogP contribution >= 0.6 is 0 Å². The topological polar surface area (TPSA) is 70.6 Å². The Morgan fingerprint density at radius 2 is 1.65 bits per heavy atom. The van der Waals surface area contributed by atoms with Crippen LogP contribution in [0.3, 0.4) is 0 Å². The van der Waals surface area contributed by atoms with Gasteiger partial charge in [0.15, 0.2) is 0 Å². The van der Waals surface area contributed by atoms with E-state index in [2.05, 4.69) is 15.8 Å². The van der Waals surface area contributed by atoms with E-state index < -0.39 is 11.7 Å². The number of rotatable bonds is 6. The standard InChI is InChI=1S/C20H22FN3O2/c1-13-10-14(2)20(15(3)11-13)23-18(25)8-9-19(26)24-22-12-16-6-4-5-7-17(16)21/h4-7,10-12H,8-9H2,1-3H3,(H,23,25)(H,24,26)/b22-12+. The molecule has 136 valence electrons. The van der Waals surface area contributed by atoms with Gasteiger partial charge in [-0.2, -0.15) is 5.10 Å². The van der Waals surface area contributed by atoms with Gasteiger partial charge in [0.1, 0.15) is 5.82 Å². The molecule has 0 unspecified atom stereocenters. The fraction of sp³-hybridized carbons (Fsp3) is 0.250. The van der Waals surface area contributed by atoms with Crippen molar-refractivity contribution in [2.75, 3.05) is 5.32 Å². The molecule has 0 heterocycles. The van der Waals surface area contributed by atoms with Gasteiger partial charge in [0, 0.05) is 24.1 Å². The molecular formula is C20H22FN3O2. The van der Waals surface area contributed by atoms with Crippen molar-refractivity contribution in [3.8, 4) is 0 Å². The molecular weight excluding hydrogens is 333 g/mol. The Bertz CT molecular complexity index is 824. The van der Waals surface area contributed by atoms with Gasteiger partial charge in [-0.1, -0.05) is 35.9 Å². The molecule has 0 fully saturated rings. The molecule has 2 amide bonds. The van der Waals surface area contributed by atoms with Gasteiger partial charge >= 0.3 is 0 Å². The van der Waals surface area contributed by atoms with Crippen molar-refractivity contribution >= 4 is 23.7 Å².